The first-order valence-corrected chi connectivity index (χ1v) is 14.7. The van der Waals surface area contributed by atoms with E-state index in [1.807, 2.05) is 25.1 Å². The van der Waals surface area contributed by atoms with E-state index in [9.17, 15) is 21.6 Å². The highest BCUT2D eigenvalue weighted by atomic mass is 32.2. The number of benzene rings is 1. The second-order valence-corrected chi connectivity index (χ2v) is 13.1. The molecule has 3 aromatic rings. The summed E-state index contributed by atoms with van der Waals surface area (Å²) in [4.78, 5) is 20.2. The van der Waals surface area contributed by atoms with E-state index in [0.29, 0.717) is 23.6 Å². The fourth-order valence-corrected chi connectivity index (χ4v) is 8.51. The molecule has 2 fully saturated rings. The lowest BCUT2D eigenvalue weighted by Crippen LogP contribution is -2.28. The van der Waals surface area contributed by atoms with Gasteiger partial charge >= 0.3 is 0 Å². The normalized spacial score (nSPS) is 19.9. The van der Waals surface area contributed by atoms with Gasteiger partial charge in [0.25, 0.3) is 0 Å². The lowest BCUT2D eigenvalue weighted by molar-refractivity contribution is -0.117. The molecule has 1 amide bonds. The highest BCUT2D eigenvalue weighted by Crippen LogP contribution is 2.37. The Bertz CT molecular complexity index is 1470. The number of carbonyl (C=O) groups excluding carboxylic acids is 1. The molecule has 1 aliphatic carbocycles. The third-order valence-corrected chi connectivity index (χ3v) is 10.2. The number of sulfone groups is 1. The molecule has 11 heteroatoms. The third kappa shape index (κ3) is 4.41. The Morgan fingerprint density at radius 1 is 1.15 bits per heavy atom. The van der Waals surface area contributed by atoms with Gasteiger partial charge in [0, 0.05) is 28.8 Å². The number of pyridine rings is 1. The van der Waals surface area contributed by atoms with Gasteiger partial charge in [-0.05, 0) is 55.0 Å². The van der Waals surface area contributed by atoms with Crippen LogP contribution in [-0.4, -0.2) is 49.5 Å². The van der Waals surface area contributed by atoms with Crippen molar-refractivity contribution in [3.05, 3.63) is 42.1 Å². The molecule has 2 aromatic heterocycles. The average molecular weight is 503 g/mol. The summed E-state index contributed by atoms with van der Waals surface area (Å²) in [6, 6.07) is 8.89. The number of nitrogens with one attached hydrogen (secondary N) is 3. The van der Waals surface area contributed by atoms with Crippen LogP contribution in [0.5, 0.6) is 0 Å². The summed E-state index contributed by atoms with van der Waals surface area (Å²) >= 11 is 0. The van der Waals surface area contributed by atoms with Crippen molar-refractivity contribution in [2.45, 2.75) is 37.9 Å². The summed E-state index contributed by atoms with van der Waals surface area (Å²) in [5, 5.41) is 2.95. The molecule has 1 atom stereocenters. The maximum Gasteiger partial charge on any atom is 0.236 e. The molecule has 9 nitrogen and oxygen atoms in total. The summed E-state index contributed by atoms with van der Waals surface area (Å²) in [6.45, 7) is 2.00. The Morgan fingerprint density at radius 2 is 1.88 bits per heavy atom. The number of amides is 1. The topological polar surface area (TPSA) is 138 Å². The highest BCUT2D eigenvalue weighted by Gasteiger charge is 2.37. The van der Waals surface area contributed by atoms with Gasteiger partial charge in [-0.2, -0.15) is 0 Å². The van der Waals surface area contributed by atoms with Crippen LogP contribution in [-0.2, 0) is 31.1 Å². The van der Waals surface area contributed by atoms with Crippen LogP contribution in [0.3, 0.4) is 0 Å². The maximum atomic E-state index is 12.7. The molecule has 0 radical (unpaired) electrons. The number of hydrogen-bond donors (Lipinski definition) is 3. The van der Waals surface area contributed by atoms with Crippen molar-refractivity contribution in [1.29, 1.82) is 0 Å². The minimum absolute atomic E-state index is 0.0160. The Balaban J connectivity index is 1.47. The molecule has 0 spiro atoms. The molecule has 34 heavy (non-hydrogen) atoms. The van der Waals surface area contributed by atoms with Gasteiger partial charge in [0.2, 0.25) is 15.9 Å². The number of H-pyrrole nitrogens is 1. The number of aromatic amines is 1. The Hall–Kier alpha value is -2.92. The number of fused-ring (bicyclic) bond motifs is 1. The van der Waals surface area contributed by atoms with Crippen molar-refractivity contribution in [1.82, 2.24) is 9.97 Å². The predicted octanol–water partition coefficient (Wildman–Crippen LogP) is 3.07. The van der Waals surface area contributed by atoms with E-state index in [-0.39, 0.29) is 29.8 Å². The third-order valence-electron chi connectivity index (χ3n) is 6.41. The summed E-state index contributed by atoms with van der Waals surface area (Å²) in [5.74, 6) is 0.120. The second kappa shape index (κ2) is 8.38. The first kappa shape index (κ1) is 22.9. The molecule has 1 aromatic carbocycles. The number of aromatic nitrogens is 2. The molecule has 1 aliphatic heterocycles. The minimum atomic E-state index is -3.81. The molecule has 0 bridgehead atoms. The summed E-state index contributed by atoms with van der Waals surface area (Å²) in [7, 11) is -7.12. The largest absolute Gasteiger partial charge is 0.346 e. The monoisotopic (exact) mass is 502 g/mol. The first-order valence-electron chi connectivity index (χ1n) is 11.3. The summed E-state index contributed by atoms with van der Waals surface area (Å²) in [6.07, 6.45) is 4.34. The molecule has 180 valence electrons. The van der Waals surface area contributed by atoms with Crippen molar-refractivity contribution in [3.63, 3.8) is 0 Å². The number of anilines is 2. The van der Waals surface area contributed by atoms with Crippen LogP contribution in [0, 0.1) is 5.92 Å². The van der Waals surface area contributed by atoms with Crippen LogP contribution in [0.25, 0.3) is 22.2 Å². The van der Waals surface area contributed by atoms with E-state index < -0.39 is 25.1 Å². The zero-order valence-corrected chi connectivity index (χ0v) is 20.3. The number of rotatable bonds is 7. The first-order chi connectivity index (χ1) is 16.2. The fourth-order valence-electron chi connectivity index (χ4n) is 4.41. The molecule has 3 heterocycles. The molecule has 1 saturated heterocycles. The standard InChI is InChI=1S/C23H26N4O5S2/c1-2-18-20(19-9-11-24-21(19)25-22(18)26-23(28)15-3-4-15)14-5-7-16(8-6-14)27-34(31,32)17-10-12-33(29,30)13-17/h5-9,11,15,17,27H,2-4,10,12-13H2,1H3,(H2,24,25,26,28). The lowest BCUT2D eigenvalue weighted by Gasteiger charge is -2.16. The van der Waals surface area contributed by atoms with E-state index in [0.717, 1.165) is 34.9 Å². The Labute approximate surface area is 198 Å². The van der Waals surface area contributed by atoms with Crippen LogP contribution in [0.4, 0.5) is 11.5 Å². The van der Waals surface area contributed by atoms with Gasteiger partial charge in [0.1, 0.15) is 11.5 Å². The summed E-state index contributed by atoms with van der Waals surface area (Å²) in [5.41, 5.74) is 3.72. The van der Waals surface area contributed by atoms with E-state index in [2.05, 4.69) is 20.0 Å². The van der Waals surface area contributed by atoms with Crippen LogP contribution >= 0.6 is 0 Å². The molecular formula is C23H26N4O5S2. The zero-order valence-electron chi connectivity index (χ0n) is 18.7. The van der Waals surface area contributed by atoms with Crippen LogP contribution in [0.2, 0.25) is 0 Å². The van der Waals surface area contributed by atoms with Gasteiger partial charge in [-0.1, -0.05) is 19.1 Å². The Morgan fingerprint density at radius 3 is 2.50 bits per heavy atom. The molecule has 1 saturated carbocycles. The van der Waals surface area contributed by atoms with Gasteiger partial charge in [0.15, 0.2) is 9.84 Å². The Kier molecular flexibility index (Phi) is 5.64. The van der Waals surface area contributed by atoms with Gasteiger partial charge in [-0.25, -0.2) is 21.8 Å². The predicted molar refractivity (Wildman–Crippen MR) is 132 cm³/mol. The van der Waals surface area contributed by atoms with Gasteiger partial charge < -0.3 is 10.3 Å². The zero-order chi connectivity index (χ0) is 24.1. The van der Waals surface area contributed by atoms with E-state index >= 15 is 0 Å². The van der Waals surface area contributed by atoms with Crippen molar-refractivity contribution >= 4 is 48.3 Å². The van der Waals surface area contributed by atoms with Crippen LogP contribution < -0.4 is 10.0 Å². The van der Waals surface area contributed by atoms with Crippen molar-refractivity contribution in [3.8, 4) is 11.1 Å². The van der Waals surface area contributed by atoms with Crippen molar-refractivity contribution < 1.29 is 21.6 Å². The van der Waals surface area contributed by atoms with E-state index in [4.69, 9.17) is 0 Å². The smallest absolute Gasteiger partial charge is 0.236 e. The van der Waals surface area contributed by atoms with Gasteiger partial charge in [-0.3, -0.25) is 9.52 Å². The number of hydrogen-bond acceptors (Lipinski definition) is 6. The molecule has 3 N–H and O–H groups in total. The molecule has 1 unspecified atom stereocenters. The summed E-state index contributed by atoms with van der Waals surface area (Å²) < 4.78 is 51.2. The van der Waals surface area contributed by atoms with Gasteiger partial charge in [-0.15, -0.1) is 0 Å². The number of nitrogens with zero attached hydrogens (tertiary/aromatic N) is 1. The SMILES string of the molecule is CCc1c(NC(=O)C2CC2)nc2[nH]ccc2c1-c1ccc(NS(=O)(=O)C2CCS(=O)(=O)C2)cc1. The number of sulfonamides is 1. The second-order valence-electron chi connectivity index (χ2n) is 8.92. The number of carbonyl (C=O) groups is 1. The van der Waals surface area contributed by atoms with E-state index in [1.54, 1.807) is 18.3 Å². The lowest BCUT2D eigenvalue weighted by atomic mass is 9.96. The molecule has 5 rings (SSSR count). The molecular weight excluding hydrogens is 476 g/mol. The molecule has 2 aliphatic rings. The van der Waals surface area contributed by atoms with E-state index in [1.165, 1.54) is 0 Å². The van der Waals surface area contributed by atoms with Crippen molar-refractivity contribution in [2.75, 3.05) is 21.5 Å². The van der Waals surface area contributed by atoms with Crippen LogP contribution in [0.15, 0.2) is 36.5 Å². The van der Waals surface area contributed by atoms with Crippen molar-refractivity contribution in [2.24, 2.45) is 5.92 Å². The van der Waals surface area contributed by atoms with Gasteiger partial charge in [0.05, 0.1) is 16.8 Å². The van der Waals surface area contributed by atoms with Crippen LogP contribution in [0.1, 0.15) is 31.7 Å². The highest BCUT2D eigenvalue weighted by molar-refractivity contribution is 7.97. The fraction of sp³-hybridized carbons (Fsp3) is 0.391. The maximum absolute atomic E-state index is 12.7. The average Bonchev–Trinajstić information content (AvgIpc) is 3.43. The minimum Gasteiger partial charge on any atom is -0.346 e. The quantitative estimate of drug-likeness (QED) is 0.454.